The van der Waals surface area contributed by atoms with E-state index in [1.807, 2.05) is 6.92 Å². The summed E-state index contributed by atoms with van der Waals surface area (Å²) in [5.41, 5.74) is 7.26. The van der Waals surface area contributed by atoms with Gasteiger partial charge in [0.25, 0.3) is 0 Å². The van der Waals surface area contributed by atoms with Crippen molar-refractivity contribution < 1.29 is 8.42 Å². The highest BCUT2D eigenvalue weighted by Crippen LogP contribution is 2.18. The number of rotatable bonds is 6. The van der Waals surface area contributed by atoms with Crippen LogP contribution in [0.2, 0.25) is 0 Å². The van der Waals surface area contributed by atoms with Crippen molar-refractivity contribution in [1.82, 2.24) is 9.71 Å². The van der Waals surface area contributed by atoms with Gasteiger partial charge in [0, 0.05) is 19.3 Å². The first-order chi connectivity index (χ1) is 7.96. The van der Waals surface area contributed by atoms with E-state index in [2.05, 4.69) is 15.0 Å². The standard InChI is InChI=1S/C10H18N4O2S/c1-3-14-17(15,16)7-6-13-10-9(11)8(2)4-5-12-10/h4-5,14H,3,6-7,11H2,1-2H3,(H,12,13). The van der Waals surface area contributed by atoms with Crippen molar-refractivity contribution in [1.29, 1.82) is 0 Å². The molecule has 1 heterocycles. The molecular weight excluding hydrogens is 240 g/mol. The minimum atomic E-state index is -3.21. The van der Waals surface area contributed by atoms with Crippen LogP contribution in [0.3, 0.4) is 0 Å². The summed E-state index contributed by atoms with van der Waals surface area (Å²) in [5, 5.41) is 2.91. The van der Waals surface area contributed by atoms with E-state index in [1.165, 1.54) is 0 Å². The van der Waals surface area contributed by atoms with Crippen LogP contribution in [0, 0.1) is 6.92 Å². The molecule has 17 heavy (non-hydrogen) atoms. The Bertz CT molecular complexity index is 473. The lowest BCUT2D eigenvalue weighted by atomic mass is 10.2. The van der Waals surface area contributed by atoms with E-state index in [9.17, 15) is 8.42 Å². The molecule has 0 atom stereocenters. The minimum absolute atomic E-state index is 0.00407. The Morgan fingerprint density at radius 1 is 1.47 bits per heavy atom. The average Bonchev–Trinajstić information content (AvgIpc) is 2.24. The molecule has 0 fully saturated rings. The maximum atomic E-state index is 11.4. The molecule has 0 aliphatic heterocycles. The molecule has 0 spiro atoms. The van der Waals surface area contributed by atoms with E-state index in [1.54, 1.807) is 19.2 Å². The van der Waals surface area contributed by atoms with Gasteiger partial charge < -0.3 is 11.1 Å². The molecule has 0 aliphatic rings. The fourth-order valence-corrected chi connectivity index (χ4v) is 2.26. The zero-order valence-corrected chi connectivity index (χ0v) is 10.8. The number of nitrogens with one attached hydrogen (secondary N) is 2. The monoisotopic (exact) mass is 258 g/mol. The van der Waals surface area contributed by atoms with Gasteiger partial charge in [-0.2, -0.15) is 0 Å². The number of aromatic nitrogens is 1. The highest BCUT2D eigenvalue weighted by atomic mass is 32.2. The molecule has 1 aromatic heterocycles. The lowest BCUT2D eigenvalue weighted by molar-refractivity contribution is 0.584. The van der Waals surface area contributed by atoms with E-state index >= 15 is 0 Å². The molecule has 1 aromatic rings. The second-order valence-electron chi connectivity index (χ2n) is 3.63. The minimum Gasteiger partial charge on any atom is -0.396 e. The largest absolute Gasteiger partial charge is 0.396 e. The quantitative estimate of drug-likeness (QED) is 0.683. The summed E-state index contributed by atoms with van der Waals surface area (Å²) in [5.74, 6) is 0.521. The normalized spacial score (nSPS) is 11.4. The van der Waals surface area contributed by atoms with Crippen molar-refractivity contribution in [3.63, 3.8) is 0 Å². The Morgan fingerprint density at radius 2 is 2.18 bits per heavy atom. The third kappa shape index (κ3) is 4.20. The third-order valence-corrected chi connectivity index (χ3v) is 3.71. The third-order valence-electron chi connectivity index (χ3n) is 2.24. The number of sulfonamides is 1. The fourth-order valence-electron chi connectivity index (χ4n) is 1.31. The van der Waals surface area contributed by atoms with Crippen molar-refractivity contribution in [2.45, 2.75) is 13.8 Å². The molecule has 0 amide bonds. The first-order valence-corrected chi connectivity index (χ1v) is 7.04. The van der Waals surface area contributed by atoms with Crippen LogP contribution in [0.1, 0.15) is 12.5 Å². The number of pyridine rings is 1. The van der Waals surface area contributed by atoms with Crippen LogP contribution in [0.25, 0.3) is 0 Å². The Morgan fingerprint density at radius 3 is 2.82 bits per heavy atom. The van der Waals surface area contributed by atoms with Crippen LogP contribution in [0.15, 0.2) is 12.3 Å². The van der Waals surface area contributed by atoms with Gasteiger partial charge in [-0.25, -0.2) is 18.1 Å². The predicted octanol–water partition coefficient (Wildman–Crippen LogP) is 0.323. The maximum Gasteiger partial charge on any atom is 0.213 e. The van der Waals surface area contributed by atoms with Crippen molar-refractivity contribution in [2.75, 3.05) is 29.9 Å². The summed E-state index contributed by atoms with van der Waals surface area (Å²) in [6, 6.07) is 1.80. The van der Waals surface area contributed by atoms with Crippen molar-refractivity contribution >= 4 is 21.5 Å². The van der Waals surface area contributed by atoms with E-state index in [4.69, 9.17) is 5.73 Å². The topological polar surface area (TPSA) is 97.1 Å². The SMILES string of the molecule is CCNS(=O)(=O)CCNc1nccc(C)c1N. The fraction of sp³-hybridized carbons (Fsp3) is 0.500. The number of aryl methyl sites for hydroxylation is 1. The number of nitrogens with two attached hydrogens (primary N) is 1. The maximum absolute atomic E-state index is 11.4. The van der Waals surface area contributed by atoms with Gasteiger partial charge in [0.05, 0.1) is 11.4 Å². The molecule has 0 unspecified atom stereocenters. The van der Waals surface area contributed by atoms with Gasteiger partial charge in [0.15, 0.2) is 0 Å². The van der Waals surface area contributed by atoms with Crippen LogP contribution >= 0.6 is 0 Å². The molecule has 6 nitrogen and oxygen atoms in total. The summed E-state index contributed by atoms with van der Waals surface area (Å²) in [7, 11) is -3.21. The molecule has 0 bridgehead atoms. The Kier molecular flexibility index (Phi) is 4.71. The highest BCUT2D eigenvalue weighted by molar-refractivity contribution is 7.89. The van der Waals surface area contributed by atoms with E-state index < -0.39 is 10.0 Å². The molecule has 96 valence electrons. The molecule has 0 saturated carbocycles. The Labute approximate surface area is 102 Å². The van der Waals surface area contributed by atoms with Crippen molar-refractivity contribution in [3.05, 3.63) is 17.8 Å². The van der Waals surface area contributed by atoms with Gasteiger partial charge in [0.2, 0.25) is 10.0 Å². The number of hydrogen-bond donors (Lipinski definition) is 3. The van der Waals surface area contributed by atoms with Crippen LogP contribution in [-0.2, 0) is 10.0 Å². The Hall–Kier alpha value is -1.34. The van der Waals surface area contributed by atoms with E-state index in [-0.39, 0.29) is 12.3 Å². The molecule has 7 heteroatoms. The molecular formula is C10H18N4O2S. The zero-order chi connectivity index (χ0) is 12.9. The second-order valence-corrected chi connectivity index (χ2v) is 5.56. The predicted molar refractivity (Wildman–Crippen MR) is 69.3 cm³/mol. The molecule has 0 aromatic carbocycles. The van der Waals surface area contributed by atoms with Gasteiger partial charge in [-0.05, 0) is 18.6 Å². The first-order valence-electron chi connectivity index (χ1n) is 5.38. The van der Waals surface area contributed by atoms with Gasteiger partial charge in [-0.15, -0.1) is 0 Å². The van der Waals surface area contributed by atoms with E-state index in [0.29, 0.717) is 18.1 Å². The van der Waals surface area contributed by atoms with Crippen LogP contribution in [-0.4, -0.2) is 32.2 Å². The van der Waals surface area contributed by atoms with Crippen molar-refractivity contribution in [3.8, 4) is 0 Å². The van der Waals surface area contributed by atoms with Crippen LogP contribution in [0.4, 0.5) is 11.5 Å². The summed E-state index contributed by atoms with van der Waals surface area (Å²) < 4.78 is 25.2. The van der Waals surface area contributed by atoms with Gasteiger partial charge in [0.1, 0.15) is 5.82 Å². The lowest BCUT2D eigenvalue weighted by Crippen LogP contribution is -2.29. The molecule has 4 N–H and O–H groups in total. The van der Waals surface area contributed by atoms with Gasteiger partial charge in [-0.3, -0.25) is 0 Å². The van der Waals surface area contributed by atoms with E-state index in [0.717, 1.165) is 5.56 Å². The number of nitrogens with zero attached hydrogens (tertiary/aromatic N) is 1. The first kappa shape index (κ1) is 13.7. The molecule has 0 radical (unpaired) electrons. The molecule has 0 aliphatic carbocycles. The second kappa shape index (κ2) is 5.83. The summed E-state index contributed by atoms with van der Waals surface area (Å²) in [6.07, 6.45) is 1.63. The summed E-state index contributed by atoms with van der Waals surface area (Å²) >= 11 is 0. The number of hydrogen-bond acceptors (Lipinski definition) is 5. The van der Waals surface area contributed by atoms with Crippen molar-refractivity contribution in [2.24, 2.45) is 0 Å². The molecule has 0 saturated heterocycles. The van der Waals surface area contributed by atoms with Gasteiger partial charge in [-0.1, -0.05) is 6.92 Å². The number of nitrogen functional groups attached to an aromatic ring is 1. The number of anilines is 2. The molecule has 1 rings (SSSR count). The van der Waals surface area contributed by atoms with Crippen LogP contribution in [0.5, 0.6) is 0 Å². The zero-order valence-electron chi connectivity index (χ0n) is 10.0. The average molecular weight is 258 g/mol. The Balaban J connectivity index is 2.55. The van der Waals surface area contributed by atoms with Crippen LogP contribution < -0.4 is 15.8 Å². The summed E-state index contributed by atoms with van der Waals surface area (Å²) in [6.45, 7) is 4.28. The smallest absolute Gasteiger partial charge is 0.213 e. The van der Waals surface area contributed by atoms with Gasteiger partial charge >= 0.3 is 0 Å². The summed E-state index contributed by atoms with van der Waals surface area (Å²) in [4.78, 5) is 4.05. The lowest BCUT2D eigenvalue weighted by Gasteiger charge is -2.10. The highest BCUT2D eigenvalue weighted by Gasteiger charge is 2.09.